The molecule has 3 aromatic carbocycles. The number of halogens is 1. The van der Waals surface area contributed by atoms with Crippen LogP contribution in [0, 0.1) is 0 Å². The van der Waals surface area contributed by atoms with Gasteiger partial charge in [0.05, 0.1) is 24.8 Å². The first-order valence-electron chi connectivity index (χ1n) is 10.7. The summed E-state index contributed by atoms with van der Waals surface area (Å²) in [7, 11) is -1.16. The van der Waals surface area contributed by atoms with Crippen LogP contribution in [0.3, 0.4) is 0 Å². The molecule has 1 amide bonds. The van der Waals surface area contributed by atoms with Crippen molar-refractivity contribution < 1.29 is 22.7 Å². The molecule has 3 rings (SSSR count). The van der Waals surface area contributed by atoms with E-state index < -0.39 is 15.9 Å². The summed E-state index contributed by atoms with van der Waals surface area (Å²) in [4.78, 5) is 12.7. The van der Waals surface area contributed by atoms with Crippen LogP contribution in [0.2, 0.25) is 5.02 Å². The number of benzene rings is 3. The molecule has 1 N–H and O–H groups in total. The number of methoxy groups -OCH3 is 2. The van der Waals surface area contributed by atoms with E-state index in [4.69, 9.17) is 21.1 Å². The molecule has 0 aliphatic carbocycles. The monoisotopic (exact) mass is 534 g/mol. The van der Waals surface area contributed by atoms with Crippen molar-refractivity contribution in [3.63, 3.8) is 0 Å². The molecule has 7 nitrogen and oxygen atoms in total. The third kappa shape index (κ3) is 7.30. The highest BCUT2D eigenvalue weighted by Crippen LogP contribution is 2.32. The minimum atomic E-state index is -4.06. The maximum atomic E-state index is 13.5. The number of hydrogen-bond acceptors (Lipinski definition) is 6. The van der Waals surface area contributed by atoms with Crippen LogP contribution >= 0.6 is 23.4 Å². The number of nitrogens with zero attached hydrogens (tertiary/aromatic N) is 1. The second kappa shape index (κ2) is 12.7. The normalized spacial score (nSPS) is 11.1. The number of sulfonamides is 1. The summed E-state index contributed by atoms with van der Waals surface area (Å²) in [6.07, 6.45) is 0. The molecule has 0 aliphatic rings. The van der Waals surface area contributed by atoms with Gasteiger partial charge in [-0.05, 0) is 42.0 Å². The minimum absolute atomic E-state index is 0.0103. The van der Waals surface area contributed by atoms with Gasteiger partial charge in [-0.2, -0.15) is 11.8 Å². The molecule has 35 heavy (non-hydrogen) atoms. The molecule has 0 aliphatic heterocycles. The fraction of sp³-hybridized carbons (Fsp3) is 0.240. The second-order valence-corrected chi connectivity index (χ2v) is 10.8. The molecular weight excluding hydrogens is 508 g/mol. The van der Waals surface area contributed by atoms with Crippen LogP contribution in [0.15, 0.2) is 77.7 Å². The molecule has 0 saturated carbocycles. The van der Waals surface area contributed by atoms with Gasteiger partial charge in [0.2, 0.25) is 5.91 Å². The molecule has 186 valence electrons. The van der Waals surface area contributed by atoms with Gasteiger partial charge >= 0.3 is 0 Å². The van der Waals surface area contributed by atoms with Gasteiger partial charge in [0.1, 0.15) is 6.54 Å². The van der Waals surface area contributed by atoms with E-state index in [1.54, 1.807) is 42.1 Å². The van der Waals surface area contributed by atoms with Gasteiger partial charge in [-0.3, -0.25) is 9.10 Å². The third-order valence-electron chi connectivity index (χ3n) is 5.00. The van der Waals surface area contributed by atoms with Crippen molar-refractivity contribution in [3.8, 4) is 11.5 Å². The Bertz CT molecular complexity index is 1240. The zero-order valence-corrected chi connectivity index (χ0v) is 21.8. The predicted octanol–water partition coefficient (Wildman–Crippen LogP) is 4.60. The Balaban J connectivity index is 1.68. The zero-order chi connectivity index (χ0) is 25.3. The summed E-state index contributed by atoms with van der Waals surface area (Å²) in [5.74, 6) is 1.72. The number of nitrogens with one attached hydrogen (secondary N) is 1. The largest absolute Gasteiger partial charge is 0.493 e. The van der Waals surface area contributed by atoms with Crippen molar-refractivity contribution >= 4 is 45.0 Å². The average Bonchev–Trinajstić information content (AvgIpc) is 2.87. The lowest BCUT2D eigenvalue weighted by Crippen LogP contribution is -2.41. The minimum Gasteiger partial charge on any atom is -0.493 e. The molecule has 0 aromatic heterocycles. The number of ether oxygens (including phenoxy) is 2. The van der Waals surface area contributed by atoms with Crippen molar-refractivity contribution in [2.24, 2.45) is 0 Å². The quantitative estimate of drug-likeness (QED) is 0.342. The first kappa shape index (κ1) is 26.7. The first-order valence-corrected chi connectivity index (χ1v) is 13.7. The Labute approximate surface area is 215 Å². The molecule has 0 spiro atoms. The summed E-state index contributed by atoms with van der Waals surface area (Å²) in [6, 6.07) is 20.5. The van der Waals surface area contributed by atoms with E-state index in [0.29, 0.717) is 28.8 Å². The number of anilines is 1. The van der Waals surface area contributed by atoms with Crippen LogP contribution in [0.1, 0.15) is 5.56 Å². The fourth-order valence-electron chi connectivity index (χ4n) is 3.28. The predicted molar refractivity (Wildman–Crippen MR) is 141 cm³/mol. The highest BCUT2D eigenvalue weighted by Gasteiger charge is 2.28. The number of hydrogen-bond donors (Lipinski definition) is 1. The van der Waals surface area contributed by atoms with Gasteiger partial charge in [0.25, 0.3) is 10.0 Å². The van der Waals surface area contributed by atoms with Gasteiger partial charge in [-0.25, -0.2) is 8.42 Å². The lowest BCUT2D eigenvalue weighted by molar-refractivity contribution is -0.119. The maximum absolute atomic E-state index is 13.5. The number of carbonyl (C=O) groups excluding carboxylic acids is 1. The summed E-state index contributed by atoms with van der Waals surface area (Å²) in [5, 5.41) is 3.50. The molecule has 0 heterocycles. The van der Waals surface area contributed by atoms with Gasteiger partial charge < -0.3 is 14.8 Å². The van der Waals surface area contributed by atoms with Crippen LogP contribution in [-0.4, -0.2) is 47.4 Å². The number of amides is 1. The molecule has 10 heteroatoms. The Hall–Kier alpha value is -2.88. The fourth-order valence-corrected chi connectivity index (χ4v) is 5.74. The van der Waals surface area contributed by atoms with Gasteiger partial charge in [0.15, 0.2) is 11.5 Å². The zero-order valence-electron chi connectivity index (χ0n) is 19.4. The average molecular weight is 535 g/mol. The Morgan fingerprint density at radius 1 is 0.971 bits per heavy atom. The molecule has 3 aromatic rings. The van der Waals surface area contributed by atoms with Crippen molar-refractivity contribution in [2.75, 3.05) is 37.4 Å². The maximum Gasteiger partial charge on any atom is 0.264 e. The SMILES string of the molecule is COc1ccc(S(=O)(=O)N(CC(=O)NCCSCc2cccc(Cl)c2)c2ccccc2)cc1OC. The molecule has 0 radical (unpaired) electrons. The van der Waals surface area contributed by atoms with Gasteiger partial charge in [-0.1, -0.05) is 41.9 Å². The summed E-state index contributed by atoms with van der Waals surface area (Å²) in [5.41, 5.74) is 1.48. The van der Waals surface area contributed by atoms with Crippen LogP contribution in [0.5, 0.6) is 11.5 Å². The van der Waals surface area contributed by atoms with Crippen LogP contribution in [-0.2, 0) is 20.6 Å². The third-order valence-corrected chi connectivity index (χ3v) is 8.04. The number of rotatable bonds is 12. The summed E-state index contributed by atoms with van der Waals surface area (Å²) in [6.45, 7) is 0.0444. The summed E-state index contributed by atoms with van der Waals surface area (Å²) >= 11 is 7.66. The van der Waals surface area contributed by atoms with Crippen molar-refractivity contribution in [1.82, 2.24) is 5.32 Å². The first-order chi connectivity index (χ1) is 16.8. The smallest absolute Gasteiger partial charge is 0.264 e. The Morgan fingerprint density at radius 2 is 1.71 bits per heavy atom. The molecule has 0 fully saturated rings. The van der Waals surface area contributed by atoms with E-state index in [1.165, 1.54) is 32.4 Å². The van der Waals surface area contributed by atoms with E-state index >= 15 is 0 Å². The topological polar surface area (TPSA) is 84.9 Å². The lowest BCUT2D eigenvalue weighted by Gasteiger charge is -2.24. The van der Waals surface area contributed by atoms with Gasteiger partial charge in [0, 0.05) is 29.1 Å². The van der Waals surface area contributed by atoms with Crippen LogP contribution < -0.4 is 19.1 Å². The second-order valence-electron chi connectivity index (χ2n) is 7.40. The van der Waals surface area contributed by atoms with E-state index in [9.17, 15) is 13.2 Å². The molecule has 0 saturated heterocycles. The number of carbonyl (C=O) groups is 1. The van der Waals surface area contributed by atoms with E-state index in [0.717, 1.165) is 15.6 Å². The van der Waals surface area contributed by atoms with E-state index in [1.807, 2.05) is 24.3 Å². The lowest BCUT2D eigenvalue weighted by atomic mass is 10.2. The van der Waals surface area contributed by atoms with Crippen molar-refractivity contribution in [2.45, 2.75) is 10.6 Å². The summed E-state index contributed by atoms with van der Waals surface area (Å²) < 4.78 is 38.6. The van der Waals surface area contributed by atoms with Crippen LogP contribution in [0.4, 0.5) is 5.69 Å². The molecular formula is C25H27ClN2O5S2. The number of thioether (sulfide) groups is 1. The highest BCUT2D eigenvalue weighted by molar-refractivity contribution is 7.98. The van der Waals surface area contributed by atoms with E-state index in [-0.39, 0.29) is 17.2 Å². The van der Waals surface area contributed by atoms with Crippen molar-refractivity contribution in [1.29, 1.82) is 0 Å². The molecule has 0 bridgehead atoms. The van der Waals surface area contributed by atoms with Gasteiger partial charge in [-0.15, -0.1) is 0 Å². The Kier molecular flexibility index (Phi) is 9.71. The van der Waals surface area contributed by atoms with Crippen molar-refractivity contribution in [3.05, 3.63) is 83.4 Å². The highest BCUT2D eigenvalue weighted by atomic mass is 35.5. The Morgan fingerprint density at radius 3 is 2.40 bits per heavy atom. The molecule has 0 unspecified atom stereocenters. The molecule has 0 atom stereocenters. The standard InChI is InChI=1S/C25H27ClN2O5S2/c1-32-23-12-11-22(16-24(23)33-2)35(30,31)28(21-9-4-3-5-10-21)17-25(29)27-13-14-34-18-19-7-6-8-20(26)15-19/h3-12,15-16H,13-14,17-18H2,1-2H3,(H,27,29). The van der Waals surface area contributed by atoms with Crippen LogP contribution in [0.25, 0.3) is 0 Å². The number of para-hydroxylation sites is 1. The van der Waals surface area contributed by atoms with E-state index in [2.05, 4.69) is 5.32 Å².